The highest BCUT2D eigenvalue weighted by Crippen LogP contribution is 2.22. The Morgan fingerprint density at radius 3 is 2.37 bits per heavy atom. The van der Waals surface area contributed by atoms with E-state index in [4.69, 9.17) is 23.2 Å². The van der Waals surface area contributed by atoms with Crippen molar-refractivity contribution in [2.75, 3.05) is 5.32 Å². The number of hydrogen-bond acceptors (Lipinski definition) is 3. The molecule has 140 valence electrons. The fourth-order valence-corrected chi connectivity index (χ4v) is 3.44. The molecular weight excluding hydrogens is 389 g/mol. The molecule has 0 fully saturated rings. The van der Waals surface area contributed by atoms with E-state index in [0.717, 1.165) is 4.57 Å². The van der Waals surface area contributed by atoms with Gasteiger partial charge in [0.1, 0.15) is 6.54 Å². The molecule has 1 aromatic heterocycles. The Hall–Kier alpha value is -2.57. The molecule has 0 aliphatic carbocycles. The van der Waals surface area contributed by atoms with E-state index in [9.17, 15) is 14.4 Å². The van der Waals surface area contributed by atoms with Gasteiger partial charge >= 0.3 is 5.69 Å². The molecule has 1 amide bonds. The highest BCUT2D eigenvalue weighted by Gasteiger charge is 2.15. The number of amides is 1. The Morgan fingerprint density at radius 2 is 1.70 bits per heavy atom. The summed E-state index contributed by atoms with van der Waals surface area (Å²) in [7, 11) is 0. The molecule has 0 saturated carbocycles. The molecule has 1 heterocycles. The van der Waals surface area contributed by atoms with Gasteiger partial charge in [-0.3, -0.25) is 18.7 Å². The Labute approximate surface area is 164 Å². The molecular formula is C19H17Cl2N3O3. The van der Waals surface area contributed by atoms with Crippen LogP contribution in [0.5, 0.6) is 0 Å². The van der Waals surface area contributed by atoms with Gasteiger partial charge < -0.3 is 5.32 Å². The van der Waals surface area contributed by atoms with Crippen molar-refractivity contribution in [2.45, 2.75) is 26.4 Å². The van der Waals surface area contributed by atoms with Crippen molar-refractivity contribution in [2.24, 2.45) is 0 Å². The van der Waals surface area contributed by atoms with Crippen LogP contribution in [0.2, 0.25) is 10.0 Å². The minimum atomic E-state index is -0.514. The summed E-state index contributed by atoms with van der Waals surface area (Å²) in [6.07, 6.45) is 0.626. The van der Waals surface area contributed by atoms with E-state index < -0.39 is 11.6 Å². The first-order valence-corrected chi connectivity index (χ1v) is 9.14. The molecule has 2 aromatic carbocycles. The van der Waals surface area contributed by atoms with Crippen LogP contribution in [0.1, 0.15) is 13.3 Å². The molecule has 0 unspecified atom stereocenters. The summed E-state index contributed by atoms with van der Waals surface area (Å²) >= 11 is 11.9. The third kappa shape index (κ3) is 4.07. The Morgan fingerprint density at radius 1 is 1.04 bits per heavy atom. The van der Waals surface area contributed by atoms with Crippen molar-refractivity contribution in [1.82, 2.24) is 9.13 Å². The predicted octanol–water partition coefficient (Wildman–Crippen LogP) is 3.52. The summed E-state index contributed by atoms with van der Waals surface area (Å²) in [6.45, 7) is 1.92. The zero-order valence-electron chi connectivity index (χ0n) is 14.5. The molecule has 0 atom stereocenters. The first-order chi connectivity index (χ1) is 12.9. The standard InChI is InChI=1S/C19H17Cl2N3O3/c1-2-7-23-18(26)15-5-3-4-6-16(15)24(19(23)27)11-17(25)22-14-9-12(20)8-13(21)10-14/h3-6,8-10H,2,7,11H2,1H3,(H,22,25). The van der Waals surface area contributed by atoms with Crippen molar-refractivity contribution >= 4 is 45.7 Å². The number of anilines is 1. The average molecular weight is 406 g/mol. The predicted molar refractivity (Wildman–Crippen MR) is 108 cm³/mol. The molecule has 8 heteroatoms. The number of fused-ring (bicyclic) bond motifs is 1. The monoisotopic (exact) mass is 405 g/mol. The fraction of sp³-hybridized carbons (Fsp3) is 0.211. The summed E-state index contributed by atoms with van der Waals surface area (Å²) in [5.74, 6) is -0.428. The number of carbonyl (C=O) groups is 1. The molecule has 3 aromatic rings. The fourth-order valence-electron chi connectivity index (χ4n) is 2.91. The molecule has 27 heavy (non-hydrogen) atoms. The maximum Gasteiger partial charge on any atom is 0.331 e. The van der Waals surface area contributed by atoms with Gasteiger partial charge in [-0.2, -0.15) is 0 Å². The van der Waals surface area contributed by atoms with E-state index in [1.54, 1.807) is 42.5 Å². The first-order valence-electron chi connectivity index (χ1n) is 8.39. The van der Waals surface area contributed by atoms with E-state index in [1.807, 2.05) is 6.92 Å². The smallest absolute Gasteiger partial charge is 0.324 e. The van der Waals surface area contributed by atoms with Crippen LogP contribution in [0, 0.1) is 0 Å². The summed E-state index contributed by atoms with van der Waals surface area (Å²) in [6, 6.07) is 11.4. The normalized spacial score (nSPS) is 10.9. The number of nitrogens with one attached hydrogen (secondary N) is 1. The van der Waals surface area contributed by atoms with Gasteiger partial charge in [0.05, 0.1) is 10.9 Å². The van der Waals surface area contributed by atoms with E-state index in [0.29, 0.717) is 33.1 Å². The van der Waals surface area contributed by atoms with Gasteiger partial charge in [0.25, 0.3) is 5.56 Å². The minimum absolute atomic E-state index is 0.243. The van der Waals surface area contributed by atoms with Gasteiger partial charge in [-0.05, 0) is 36.8 Å². The van der Waals surface area contributed by atoms with E-state index in [-0.39, 0.29) is 18.6 Å². The van der Waals surface area contributed by atoms with Crippen LogP contribution in [0.15, 0.2) is 52.1 Å². The van der Waals surface area contributed by atoms with Crippen molar-refractivity contribution in [3.8, 4) is 0 Å². The Kier molecular flexibility index (Phi) is 5.68. The highest BCUT2D eigenvalue weighted by molar-refractivity contribution is 6.35. The number of para-hydroxylation sites is 1. The maximum absolute atomic E-state index is 12.8. The molecule has 0 spiro atoms. The lowest BCUT2D eigenvalue weighted by atomic mass is 10.2. The molecule has 1 N–H and O–H groups in total. The number of aromatic nitrogens is 2. The Balaban J connectivity index is 2.02. The molecule has 0 aliphatic heterocycles. The summed E-state index contributed by atoms with van der Waals surface area (Å²) in [5, 5.41) is 3.84. The number of nitrogens with zero attached hydrogens (tertiary/aromatic N) is 2. The molecule has 0 saturated heterocycles. The van der Waals surface area contributed by atoms with Crippen molar-refractivity contribution in [3.05, 3.63) is 73.3 Å². The molecule has 0 bridgehead atoms. The van der Waals surface area contributed by atoms with Crippen LogP contribution in [-0.4, -0.2) is 15.0 Å². The van der Waals surface area contributed by atoms with Crippen LogP contribution < -0.4 is 16.6 Å². The van der Waals surface area contributed by atoms with Crippen molar-refractivity contribution in [1.29, 1.82) is 0 Å². The van der Waals surface area contributed by atoms with Crippen molar-refractivity contribution < 1.29 is 4.79 Å². The second kappa shape index (κ2) is 7.98. The summed E-state index contributed by atoms with van der Waals surface area (Å²) in [5.41, 5.74) is -0.0218. The lowest BCUT2D eigenvalue weighted by molar-refractivity contribution is -0.116. The lowest BCUT2D eigenvalue weighted by Gasteiger charge is -2.14. The average Bonchev–Trinajstić information content (AvgIpc) is 2.61. The quantitative estimate of drug-likeness (QED) is 0.705. The summed E-state index contributed by atoms with van der Waals surface area (Å²) in [4.78, 5) is 37.9. The van der Waals surface area contributed by atoms with Crippen LogP contribution >= 0.6 is 23.2 Å². The van der Waals surface area contributed by atoms with Gasteiger partial charge in [0.15, 0.2) is 0 Å². The van der Waals surface area contributed by atoms with Gasteiger partial charge in [0, 0.05) is 22.3 Å². The number of halogens is 2. The van der Waals surface area contributed by atoms with Gasteiger partial charge in [-0.15, -0.1) is 0 Å². The summed E-state index contributed by atoms with van der Waals surface area (Å²) < 4.78 is 2.46. The van der Waals surface area contributed by atoms with Gasteiger partial charge in [-0.25, -0.2) is 4.79 Å². The second-order valence-corrected chi connectivity index (χ2v) is 6.92. The second-order valence-electron chi connectivity index (χ2n) is 6.05. The largest absolute Gasteiger partial charge is 0.331 e. The van der Waals surface area contributed by atoms with Crippen LogP contribution in [0.3, 0.4) is 0 Å². The number of hydrogen-bond donors (Lipinski definition) is 1. The SMILES string of the molecule is CCCn1c(=O)c2ccccc2n(CC(=O)Nc2cc(Cl)cc(Cl)c2)c1=O. The lowest BCUT2D eigenvalue weighted by Crippen LogP contribution is -2.41. The first kappa shape index (κ1) is 19.2. The molecule has 0 radical (unpaired) electrons. The molecule has 6 nitrogen and oxygen atoms in total. The number of benzene rings is 2. The van der Waals surface area contributed by atoms with Crippen LogP contribution in [-0.2, 0) is 17.9 Å². The minimum Gasteiger partial charge on any atom is -0.324 e. The van der Waals surface area contributed by atoms with Gasteiger partial charge in [-0.1, -0.05) is 42.3 Å². The number of carbonyl (C=O) groups excluding carboxylic acids is 1. The van der Waals surface area contributed by atoms with Crippen LogP contribution in [0.25, 0.3) is 10.9 Å². The van der Waals surface area contributed by atoms with Crippen molar-refractivity contribution in [3.63, 3.8) is 0 Å². The molecule has 0 aliphatic rings. The zero-order chi connectivity index (χ0) is 19.6. The highest BCUT2D eigenvalue weighted by atomic mass is 35.5. The van der Waals surface area contributed by atoms with E-state index in [1.165, 1.54) is 4.57 Å². The van der Waals surface area contributed by atoms with E-state index >= 15 is 0 Å². The number of rotatable bonds is 5. The van der Waals surface area contributed by atoms with Crippen LogP contribution in [0.4, 0.5) is 5.69 Å². The third-order valence-electron chi connectivity index (χ3n) is 4.03. The zero-order valence-corrected chi connectivity index (χ0v) is 16.0. The Bertz CT molecular complexity index is 1110. The third-order valence-corrected chi connectivity index (χ3v) is 4.46. The van der Waals surface area contributed by atoms with E-state index in [2.05, 4.69) is 5.32 Å². The maximum atomic E-state index is 12.8. The molecule has 3 rings (SSSR count). The topological polar surface area (TPSA) is 73.1 Å². The van der Waals surface area contributed by atoms with Gasteiger partial charge in [0.2, 0.25) is 5.91 Å².